The first-order valence-corrected chi connectivity index (χ1v) is 11.7. The molecule has 1 atom stereocenters. The van der Waals surface area contributed by atoms with Crippen molar-refractivity contribution in [3.8, 4) is 0 Å². The van der Waals surface area contributed by atoms with E-state index in [1.54, 1.807) is 0 Å². The number of carbonyl (C=O) groups is 4. The standard InChI is InChI=1S/C22H37N7O8/c1-15(37-21(25)32)36-11-6-28-22(33)29-18-13-16(19(30)26-4-9-34-7-2-23)12-17(14-18)20(31)27-5-10-35-8-3-24/h12-15H,2-11,23-24H2,1H3,(H2,25,32)(H,26,30)(H,27,31)(H2,28,29,33). The van der Waals surface area contributed by atoms with Crippen LogP contribution in [0.15, 0.2) is 18.2 Å². The molecule has 0 aliphatic rings. The van der Waals surface area contributed by atoms with E-state index in [2.05, 4.69) is 26.0 Å². The first-order valence-electron chi connectivity index (χ1n) is 11.7. The fourth-order valence-electron chi connectivity index (χ4n) is 2.77. The maximum atomic E-state index is 12.6. The number of urea groups is 1. The third-order valence-corrected chi connectivity index (χ3v) is 4.33. The predicted octanol–water partition coefficient (Wildman–Crippen LogP) is -1.32. The highest BCUT2D eigenvalue weighted by Crippen LogP contribution is 2.16. The summed E-state index contributed by atoms with van der Waals surface area (Å²) in [4.78, 5) is 48.2. The van der Waals surface area contributed by atoms with Crippen LogP contribution in [0.3, 0.4) is 0 Å². The van der Waals surface area contributed by atoms with Crippen LogP contribution in [0.2, 0.25) is 0 Å². The smallest absolute Gasteiger partial charge is 0.406 e. The van der Waals surface area contributed by atoms with Crippen molar-refractivity contribution in [2.45, 2.75) is 13.2 Å². The lowest BCUT2D eigenvalue weighted by Gasteiger charge is -2.14. The molecule has 1 aromatic carbocycles. The van der Waals surface area contributed by atoms with Gasteiger partial charge >= 0.3 is 12.1 Å². The number of anilines is 1. The third kappa shape index (κ3) is 14.6. The summed E-state index contributed by atoms with van der Waals surface area (Å²) < 4.78 is 20.2. The van der Waals surface area contributed by atoms with E-state index < -0.39 is 30.2 Å². The van der Waals surface area contributed by atoms with E-state index in [1.807, 2.05) is 0 Å². The van der Waals surface area contributed by atoms with Crippen molar-refractivity contribution in [3.63, 3.8) is 0 Å². The number of hydrogen-bond donors (Lipinski definition) is 7. The maximum Gasteiger partial charge on any atom is 0.406 e. The Labute approximate surface area is 215 Å². The summed E-state index contributed by atoms with van der Waals surface area (Å²) in [6, 6.07) is 3.65. The van der Waals surface area contributed by atoms with Crippen LogP contribution in [0.25, 0.3) is 0 Å². The van der Waals surface area contributed by atoms with E-state index in [1.165, 1.54) is 25.1 Å². The van der Waals surface area contributed by atoms with Gasteiger partial charge in [-0.25, -0.2) is 9.59 Å². The summed E-state index contributed by atoms with van der Waals surface area (Å²) in [5, 5.41) is 10.5. The van der Waals surface area contributed by atoms with Gasteiger partial charge in [0.25, 0.3) is 11.8 Å². The molecule has 1 rings (SSSR count). The lowest BCUT2D eigenvalue weighted by Crippen LogP contribution is -2.33. The molecule has 208 valence electrons. The van der Waals surface area contributed by atoms with Crippen molar-refractivity contribution in [1.29, 1.82) is 0 Å². The van der Waals surface area contributed by atoms with Crippen LogP contribution in [0, 0.1) is 0 Å². The van der Waals surface area contributed by atoms with E-state index in [0.717, 1.165) is 0 Å². The largest absolute Gasteiger partial charge is 0.420 e. The van der Waals surface area contributed by atoms with Crippen LogP contribution >= 0.6 is 0 Å². The summed E-state index contributed by atoms with van der Waals surface area (Å²) in [7, 11) is 0. The topological polar surface area (TPSA) is 231 Å². The minimum Gasteiger partial charge on any atom is -0.420 e. The van der Waals surface area contributed by atoms with E-state index in [4.69, 9.17) is 31.4 Å². The van der Waals surface area contributed by atoms with Gasteiger partial charge in [0.1, 0.15) is 0 Å². The van der Waals surface area contributed by atoms with Crippen LogP contribution in [0.4, 0.5) is 15.3 Å². The summed E-state index contributed by atoms with van der Waals surface area (Å²) in [5.41, 5.74) is 16.1. The maximum absolute atomic E-state index is 12.6. The highest BCUT2D eigenvalue weighted by atomic mass is 16.7. The molecule has 15 nitrogen and oxygen atoms in total. The molecule has 0 saturated carbocycles. The minimum absolute atomic E-state index is 0.0381. The average Bonchev–Trinajstić information content (AvgIpc) is 2.85. The normalized spacial score (nSPS) is 11.3. The van der Waals surface area contributed by atoms with Gasteiger partial charge in [-0.05, 0) is 25.1 Å². The van der Waals surface area contributed by atoms with Crippen molar-refractivity contribution < 1.29 is 38.1 Å². The van der Waals surface area contributed by atoms with Gasteiger partial charge in [-0.3, -0.25) is 9.59 Å². The third-order valence-electron chi connectivity index (χ3n) is 4.33. The summed E-state index contributed by atoms with van der Waals surface area (Å²) in [6.45, 7) is 4.06. The number of nitrogens with one attached hydrogen (secondary N) is 4. The number of carbonyl (C=O) groups excluding carboxylic acids is 4. The Morgan fingerprint density at radius 1 is 0.784 bits per heavy atom. The SMILES string of the molecule is CC(OCCNC(=O)Nc1cc(C(=O)NCCOCCN)cc(C(=O)NCCOCCN)c1)OC(N)=O. The van der Waals surface area contributed by atoms with Crippen molar-refractivity contribution in [2.24, 2.45) is 17.2 Å². The minimum atomic E-state index is -0.979. The second-order valence-electron chi connectivity index (χ2n) is 7.37. The van der Waals surface area contributed by atoms with Gasteiger partial charge in [0, 0.05) is 49.5 Å². The molecule has 0 aliphatic heterocycles. The molecule has 15 heteroatoms. The number of nitrogens with two attached hydrogens (primary N) is 3. The number of primary amides is 1. The van der Waals surface area contributed by atoms with Crippen molar-refractivity contribution in [3.05, 3.63) is 29.3 Å². The van der Waals surface area contributed by atoms with E-state index in [0.29, 0.717) is 26.3 Å². The monoisotopic (exact) mass is 527 g/mol. The van der Waals surface area contributed by atoms with Gasteiger partial charge in [-0.1, -0.05) is 0 Å². The Bertz CT molecular complexity index is 827. The van der Waals surface area contributed by atoms with Gasteiger partial charge in [0.2, 0.25) is 6.29 Å². The molecule has 0 fully saturated rings. The van der Waals surface area contributed by atoms with Crippen molar-refractivity contribution in [1.82, 2.24) is 16.0 Å². The van der Waals surface area contributed by atoms with Crippen LogP contribution in [0.5, 0.6) is 0 Å². The first kappa shape index (κ1) is 31.5. The molecule has 0 radical (unpaired) electrons. The molecule has 0 aliphatic carbocycles. The molecule has 1 unspecified atom stereocenters. The van der Waals surface area contributed by atoms with E-state index >= 15 is 0 Å². The molecule has 1 aromatic rings. The quantitative estimate of drug-likeness (QED) is 0.0878. The van der Waals surface area contributed by atoms with Gasteiger partial charge in [0.05, 0.1) is 33.0 Å². The second-order valence-corrected chi connectivity index (χ2v) is 7.37. The first-order chi connectivity index (χ1) is 17.8. The van der Waals surface area contributed by atoms with Crippen LogP contribution < -0.4 is 38.5 Å². The highest BCUT2D eigenvalue weighted by molar-refractivity contribution is 6.02. The van der Waals surface area contributed by atoms with Crippen molar-refractivity contribution >= 4 is 29.6 Å². The zero-order chi connectivity index (χ0) is 27.5. The molecule has 0 heterocycles. The van der Waals surface area contributed by atoms with Gasteiger partial charge in [-0.2, -0.15) is 0 Å². The molecule has 0 bridgehead atoms. The molecule has 37 heavy (non-hydrogen) atoms. The van der Waals surface area contributed by atoms with Crippen molar-refractivity contribution in [2.75, 3.05) is 71.1 Å². The van der Waals surface area contributed by atoms with Crippen LogP contribution in [-0.2, 0) is 18.9 Å². The lowest BCUT2D eigenvalue weighted by molar-refractivity contribution is -0.0867. The van der Waals surface area contributed by atoms with E-state index in [-0.39, 0.29) is 56.3 Å². The van der Waals surface area contributed by atoms with Gasteiger partial charge in [-0.15, -0.1) is 0 Å². The number of hydrogen-bond acceptors (Lipinski definition) is 10. The predicted molar refractivity (Wildman–Crippen MR) is 134 cm³/mol. The Hall–Kier alpha value is -3.50. The Balaban J connectivity index is 2.78. The zero-order valence-electron chi connectivity index (χ0n) is 20.9. The van der Waals surface area contributed by atoms with Gasteiger partial charge < -0.3 is 57.4 Å². The molecular formula is C22H37N7O8. The Morgan fingerprint density at radius 2 is 1.30 bits per heavy atom. The summed E-state index contributed by atoms with van der Waals surface area (Å²) in [5.74, 6) is -0.921. The molecule has 5 amide bonds. The fourth-order valence-corrected chi connectivity index (χ4v) is 2.77. The number of amides is 5. The Kier molecular flexibility index (Phi) is 16.0. The molecule has 10 N–H and O–H groups in total. The van der Waals surface area contributed by atoms with E-state index in [9.17, 15) is 19.2 Å². The van der Waals surface area contributed by atoms with Crippen LogP contribution in [-0.4, -0.2) is 96.0 Å². The number of ether oxygens (including phenoxy) is 4. The number of rotatable bonds is 18. The summed E-state index contributed by atoms with van der Waals surface area (Å²) >= 11 is 0. The zero-order valence-corrected chi connectivity index (χ0v) is 20.9. The molecule has 0 spiro atoms. The second kappa shape index (κ2) is 18.7. The van der Waals surface area contributed by atoms with Gasteiger partial charge in [0.15, 0.2) is 0 Å². The molecule has 0 saturated heterocycles. The molecule has 0 aromatic heterocycles. The fraction of sp³-hybridized carbons (Fsp3) is 0.545. The highest BCUT2D eigenvalue weighted by Gasteiger charge is 2.15. The Morgan fingerprint density at radius 3 is 1.78 bits per heavy atom. The molecular weight excluding hydrogens is 490 g/mol. The average molecular weight is 528 g/mol. The number of benzene rings is 1. The lowest BCUT2D eigenvalue weighted by atomic mass is 10.1. The summed E-state index contributed by atoms with van der Waals surface area (Å²) in [6.07, 6.45) is -1.85. The van der Waals surface area contributed by atoms with Crippen LogP contribution in [0.1, 0.15) is 27.6 Å².